The lowest BCUT2D eigenvalue weighted by molar-refractivity contribution is -0.137. The number of fused-ring (bicyclic) bond motifs is 6. The highest BCUT2D eigenvalue weighted by atomic mass is 19.4. The predicted molar refractivity (Wildman–Crippen MR) is 162 cm³/mol. The van der Waals surface area contributed by atoms with Crippen molar-refractivity contribution in [2.24, 2.45) is 9.98 Å². The number of benzene rings is 5. The molecule has 0 fully saturated rings. The second-order valence-corrected chi connectivity index (χ2v) is 10.8. The van der Waals surface area contributed by atoms with Crippen molar-refractivity contribution in [1.29, 1.82) is 10.5 Å². The molecule has 0 saturated heterocycles. The van der Waals surface area contributed by atoms with E-state index in [0.717, 1.165) is 34.0 Å². The van der Waals surface area contributed by atoms with Crippen LogP contribution in [0.4, 0.5) is 22.0 Å². The maximum Gasteiger partial charge on any atom is 0.416 e. The zero-order valence-electron chi connectivity index (χ0n) is 23.3. The minimum absolute atomic E-state index is 0.0292. The number of nitrogens with zero attached hydrogens (tertiary/aromatic N) is 4. The molecule has 0 heterocycles. The lowest BCUT2D eigenvalue weighted by atomic mass is 10.00. The highest BCUT2D eigenvalue weighted by Gasteiger charge is 2.31. The first kappa shape index (κ1) is 27.9. The molecule has 0 aliphatic heterocycles. The standard InChI is InChI=1S/C36H17F5N4/c1-18-6-21(9-24(37)7-18)19-2-4-26-28-14-33-29(15-32(28)34(44-16-42)30(26)11-19)27-5-3-20(12-31(27)35(33)45-17-43)22-8-23(36(39,40)41)13-25(38)10-22/h2-15H,1H3. The third kappa shape index (κ3) is 4.57. The number of hydrogen-bond acceptors (Lipinski definition) is 4. The largest absolute Gasteiger partial charge is 0.416 e. The van der Waals surface area contributed by atoms with Crippen LogP contribution in [0.3, 0.4) is 0 Å². The molecule has 216 valence electrons. The van der Waals surface area contributed by atoms with Crippen LogP contribution in [0.15, 0.2) is 94.9 Å². The molecule has 9 heteroatoms. The maximum absolute atomic E-state index is 14.2. The smallest absolute Gasteiger partial charge is 0.207 e. The third-order valence-electron chi connectivity index (χ3n) is 8.06. The van der Waals surface area contributed by atoms with E-state index in [2.05, 4.69) is 9.98 Å². The van der Waals surface area contributed by atoms with Crippen LogP contribution in [-0.2, 0) is 6.18 Å². The van der Waals surface area contributed by atoms with Crippen molar-refractivity contribution in [1.82, 2.24) is 0 Å². The molecule has 4 nitrogen and oxygen atoms in total. The van der Waals surface area contributed by atoms with Crippen molar-refractivity contribution < 1.29 is 22.0 Å². The van der Waals surface area contributed by atoms with Gasteiger partial charge in [0.2, 0.25) is 12.4 Å². The van der Waals surface area contributed by atoms with E-state index in [1.165, 1.54) is 12.1 Å². The number of rotatable bonds is 2. The molecule has 0 aliphatic carbocycles. The van der Waals surface area contributed by atoms with Crippen LogP contribution in [0.5, 0.6) is 0 Å². The lowest BCUT2D eigenvalue weighted by Crippen LogP contribution is -2.05. The molecular formula is C36H17F5N4. The summed E-state index contributed by atoms with van der Waals surface area (Å²) >= 11 is 0. The summed E-state index contributed by atoms with van der Waals surface area (Å²) in [5.74, 6) is -1.38. The first-order valence-corrected chi connectivity index (χ1v) is 13.6. The zero-order chi connectivity index (χ0) is 31.6. The van der Waals surface area contributed by atoms with Gasteiger partial charge in [0, 0.05) is 21.5 Å². The average Bonchev–Trinajstić information content (AvgIpc) is 3.46. The fourth-order valence-corrected chi connectivity index (χ4v) is 6.20. The van der Waals surface area contributed by atoms with Gasteiger partial charge in [-0.1, -0.05) is 30.3 Å². The number of hydrogen-bond donors (Lipinski definition) is 0. The highest BCUT2D eigenvalue weighted by molar-refractivity contribution is 6.21. The monoisotopic (exact) mass is 600 g/mol. The molecule has 0 bridgehead atoms. The Hall–Kier alpha value is -5.93. The molecule has 7 rings (SSSR count). The van der Waals surface area contributed by atoms with Crippen LogP contribution in [0.1, 0.15) is 11.1 Å². The van der Waals surface area contributed by atoms with Gasteiger partial charge in [0.1, 0.15) is 11.6 Å². The Kier molecular flexibility index (Phi) is 6.24. The van der Waals surface area contributed by atoms with Crippen molar-refractivity contribution >= 4 is 43.1 Å². The molecule has 0 aliphatic rings. The van der Waals surface area contributed by atoms with Crippen LogP contribution in [-0.4, -0.2) is 0 Å². The molecule has 0 saturated carbocycles. The fourth-order valence-electron chi connectivity index (χ4n) is 6.20. The molecule has 0 radical (unpaired) electrons. The number of alkyl halides is 3. The van der Waals surface area contributed by atoms with Crippen molar-refractivity contribution in [3.63, 3.8) is 0 Å². The first-order valence-electron chi connectivity index (χ1n) is 13.6. The van der Waals surface area contributed by atoms with Crippen LogP contribution < -0.4 is 10.7 Å². The summed E-state index contributed by atoms with van der Waals surface area (Å²) in [6.07, 6.45) is -1.03. The summed E-state index contributed by atoms with van der Waals surface area (Å²) in [7, 11) is 0. The quantitative estimate of drug-likeness (QED) is 0.147. The van der Waals surface area contributed by atoms with Gasteiger partial charge in [-0.3, -0.25) is 0 Å². The molecule has 0 N–H and O–H groups in total. The lowest BCUT2D eigenvalue weighted by Gasteiger charge is -2.10. The van der Waals surface area contributed by atoms with E-state index in [-0.39, 0.29) is 11.4 Å². The van der Waals surface area contributed by atoms with E-state index in [0.29, 0.717) is 60.2 Å². The van der Waals surface area contributed by atoms with Gasteiger partial charge in [-0.05, 0) is 111 Å². The second kappa shape index (κ2) is 10.1. The van der Waals surface area contributed by atoms with E-state index in [4.69, 9.17) is 0 Å². The summed E-state index contributed by atoms with van der Waals surface area (Å²) < 4.78 is 68.6. The zero-order valence-corrected chi connectivity index (χ0v) is 23.3. The second-order valence-electron chi connectivity index (χ2n) is 10.8. The summed E-state index contributed by atoms with van der Waals surface area (Å²) in [5.41, 5.74) is 1.43. The molecule has 0 aromatic heterocycles. The Morgan fingerprint density at radius 2 is 0.978 bits per heavy atom. The normalized spacial score (nSPS) is 12.9. The van der Waals surface area contributed by atoms with E-state index in [1.54, 1.807) is 25.1 Å². The minimum atomic E-state index is -4.73. The SMILES string of the molecule is Cc1cc(F)cc(-c2ccc3c(c2)c(=NC#N)c2cc4c(cc23)c(=NC#N)c2cc(-c3cc(F)cc(C(F)(F)F)c3)ccc24)c1. The van der Waals surface area contributed by atoms with Gasteiger partial charge in [0.05, 0.1) is 16.3 Å². The molecule has 0 atom stereocenters. The summed E-state index contributed by atoms with van der Waals surface area (Å²) in [6.45, 7) is 1.80. The van der Waals surface area contributed by atoms with Crippen LogP contribution in [0.25, 0.3) is 65.3 Å². The Labute approximate surface area is 251 Å². The Morgan fingerprint density at radius 1 is 0.511 bits per heavy atom. The molecule has 0 spiro atoms. The third-order valence-corrected chi connectivity index (χ3v) is 8.06. The van der Waals surface area contributed by atoms with E-state index in [1.807, 2.05) is 48.8 Å². The maximum atomic E-state index is 14.2. The van der Waals surface area contributed by atoms with Gasteiger partial charge in [0.25, 0.3) is 0 Å². The molecule has 0 amide bonds. The van der Waals surface area contributed by atoms with Gasteiger partial charge in [-0.2, -0.15) is 33.7 Å². The van der Waals surface area contributed by atoms with Gasteiger partial charge in [-0.15, -0.1) is 0 Å². The van der Waals surface area contributed by atoms with Crippen LogP contribution in [0, 0.1) is 41.5 Å². The first-order chi connectivity index (χ1) is 21.5. The van der Waals surface area contributed by atoms with Gasteiger partial charge < -0.3 is 0 Å². The van der Waals surface area contributed by atoms with E-state index < -0.39 is 17.6 Å². The van der Waals surface area contributed by atoms with Crippen molar-refractivity contribution in [3.8, 4) is 34.6 Å². The average molecular weight is 601 g/mol. The van der Waals surface area contributed by atoms with Crippen LogP contribution >= 0.6 is 0 Å². The molecule has 45 heavy (non-hydrogen) atoms. The Morgan fingerprint density at radius 3 is 1.44 bits per heavy atom. The topological polar surface area (TPSA) is 72.3 Å². The summed E-state index contributed by atoms with van der Waals surface area (Å²) in [6, 6.07) is 21.3. The summed E-state index contributed by atoms with van der Waals surface area (Å²) in [5, 5.41) is 25.3. The molecule has 0 unspecified atom stereocenters. The van der Waals surface area contributed by atoms with Gasteiger partial charge in [-0.25, -0.2) is 8.78 Å². The highest BCUT2D eigenvalue weighted by Crippen LogP contribution is 2.37. The number of nitriles is 2. The number of aryl methyl sites for hydroxylation is 1. The van der Waals surface area contributed by atoms with Crippen molar-refractivity contribution in [2.75, 3.05) is 0 Å². The van der Waals surface area contributed by atoms with E-state index in [9.17, 15) is 32.5 Å². The fraction of sp³-hybridized carbons (Fsp3) is 0.0556. The molecule has 7 aromatic rings. The molecule has 7 aromatic carbocycles. The van der Waals surface area contributed by atoms with Crippen molar-refractivity contribution in [2.45, 2.75) is 13.1 Å². The van der Waals surface area contributed by atoms with Gasteiger partial charge in [0.15, 0.2) is 0 Å². The molecular weight excluding hydrogens is 583 g/mol. The summed E-state index contributed by atoms with van der Waals surface area (Å²) in [4.78, 5) is 8.21. The van der Waals surface area contributed by atoms with E-state index >= 15 is 0 Å². The predicted octanol–water partition coefficient (Wildman–Crippen LogP) is 8.88. The van der Waals surface area contributed by atoms with Crippen molar-refractivity contribution in [3.05, 3.63) is 118 Å². The Bertz CT molecular complexity index is 2570. The minimum Gasteiger partial charge on any atom is -0.207 e. The number of halogens is 5. The van der Waals surface area contributed by atoms with Gasteiger partial charge >= 0.3 is 6.18 Å². The Balaban J connectivity index is 1.51. The van der Waals surface area contributed by atoms with Crippen LogP contribution in [0.2, 0.25) is 0 Å².